The molecule has 1 atom stereocenters. The second kappa shape index (κ2) is 13.2. The van der Waals surface area contributed by atoms with Gasteiger partial charge in [0.05, 0.1) is 19.1 Å². The molecule has 0 aliphatic carbocycles. The molecular formula is C26H36FN3O5S. The van der Waals surface area contributed by atoms with Gasteiger partial charge in [-0.05, 0) is 49.6 Å². The summed E-state index contributed by atoms with van der Waals surface area (Å²) in [4.78, 5) is 27.3. The molecular weight excluding hydrogens is 485 g/mol. The van der Waals surface area contributed by atoms with Crippen LogP contribution in [0, 0.1) is 11.7 Å². The summed E-state index contributed by atoms with van der Waals surface area (Å²) in [5, 5.41) is 2.82. The number of hydrogen-bond acceptors (Lipinski definition) is 5. The topological polar surface area (TPSA) is 96.0 Å². The first-order valence-electron chi connectivity index (χ1n) is 11.9. The lowest BCUT2D eigenvalue weighted by atomic mass is 10.1. The van der Waals surface area contributed by atoms with Gasteiger partial charge >= 0.3 is 0 Å². The largest absolute Gasteiger partial charge is 0.497 e. The van der Waals surface area contributed by atoms with E-state index in [9.17, 15) is 22.4 Å². The van der Waals surface area contributed by atoms with Gasteiger partial charge in [-0.25, -0.2) is 12.8 Å². The smallest absolute Gasteiger partial charge is 0.242 e. The van der Waals surface area contributed by atoms with Crippen molar-refractivity contribution >= 4 is 27.5 Å². The molecule has 2 amide bonds. The van der Waals surface area contributed by atoms with Crippen LogP contribution in [0.3, 0.4) is 0 Å². The van der Waals surface area contributed by atoms with Gasteiger partial charge in [0, 0.05) is 31.6 Å². The molecule has 2 aromatic carbocycles. The maximum atomic E-state index is 14.3. The SMILES string of the molecule is COc1ccc(N(CCCC(=O)N(Cc2ccccc2F)C(C)C(=O)NCC(C)C)S(C)(=O)=O)cc1. The Morgan fingerprint density at radius 2 is 1.69 bits per heavy atom. The number of sulfonamides is 1. The predicted octanol–water partition coefficient (Wildman–Crippen LogP) is 3.57. The van der Waals surface area contributed by atoms with Crippen LogP contribution in [0.25, 0.3) is 0 Å². The minimum atomic E-state index is -3.60. The second-order valence-corrected chi connectivity index (χ2v) is 11.0. The maximum absolute atomic E-state index is 14.3. The molecule has 2 aromatic rings. The van der Waals surface area contributed by atoms with Gasteiger partial charge in [0.2, 0.25) is 21.8 Å². The summed E-state index contributed by atoms with van der Waals surface area (Å²) < 4.78 is 45.5. The molecule has 0 saturated heterocycles. The average molecular weight is 522 g/mol. The number of hydrogen-bond donors (Lipinski definition) is 1. The number of anilines is 1. The minimum absolute atomic E-state index is 0.0154. The van der Waals surface area contributed by atoms with E-state index in [-0.39, 0.29) is 43.7 Å². The highest BCUT2D eigenvalue weighted by Gasteiger charge is 2.27. The summed E-state index contributed by atoms with van der Waals surface area (Å²) in [5.74, 6) is -0.335. The fourth-order valence-corrected chi connectivity index (χ4v) is 4.56. The zero-order valence-corrected chi connectivity index (χ0v) is 22.3. The van der Waals surface area contributed by atoms with Crippen molar-refractivity contribution in [2.45, 2.75) is 46.2 Å². The highest BCUT2D eigenvalue weighted by Crippen LogP contribution is 2.22. The van der Waals surface area contributed by atoms with E-state index >= 15 is 0 Å². The summed E-state index contributed by atoms with van der Waals surface area (Å²) in [6, 6.07) is 11.9. The summed E-state index contributed by atoms with van der Waals surface area (Å²) in [5.41, 5.74) is 0.751. The van der Waals surface area contributed by atoms with Crippen molar-refractivity contribution in [3.05, 3.63) is 59.9 Å². The van der Waals surface area contributed by atoms with Crippen LogP contribution < -0.4 is 14.4 Å². The van der Waals surface area contributed by atoms with Crippen LogP contribution in [0.4, 0.5) is 10.1 Å². The fraction of sp³-hybridized carbons (Fsp3) is 0.462. The Bertz CT molecular complexity index is 1120. The molecule has 0 saturated carbocycles. The molecule has 8 nitrogen and oxygen atoms in total. The number of benzene rings is 2. The van der Waals surface area contributed by atoms with Gasteiger partial charge in [-0.1, -0.05) is 32.0 Å². The van der Waals surface area contributed by atoms with Gasteiger partial charge in [-0.15, -0.1) is 0 Å². The molecule has 0 aromatic heterocycles. The monoisotopic (exact) mass is 521 g/mol. The molecule has 1 unspecified atom stereocenters. The standard InChI is InChI=1S/C26H36FN3O5S/c1-19(2)17-28-26(32)20(3)29(18-21-9-6-7-10-24(21)27)25(31)11-8-16-30(36(5,33)34)22-12-14-23(35-4)15-13-22/h6-7,9-10,12-15,19-20H,8,11,16-18H2,1-5H3,(H,28,32). The zero-order valence-electron chi connectivity index (χ0n) is 21.5. The molecule has 0 spiro atoms. The summed E-state index contributed by atoms with van der Waals surface area (Å²) in [6.45, 7) is 5.98. The molecule has 0 aliphatic heterocycles. The van der Waals surface area contributed by atoms with Gasteiger partial charge in [-0.3, -0.25) is 13.9 Å². The highest BCUT2D eigenvalue weighted by molar-refractivity contribution is 7.92. The van der Waals surface area contributed by atoms with E-state index in [1.807, 2.05) is 13.8 Å². The van der Waals surface area contributed by atoms with Crippen LogP contribution in [-0.4, -0.2) is 57.6 Å². The minimum Gasteiger partial charge on any atom is -0.497 e. The van der Waals surface area contributed by atoms with Crippen LogP contribution >= 0.6 is 0 Å². The normalized spacial score (nSPS) is 12.2. The molecule has 0 heterocycles. The Morgan fingerprint density at radius 1 is 1.06 bits per heavy atom. The maximum Gasteiger partial charge on any atom is 0.242 e. The summed E-state index contributed by atoms with van der Waals surface area (Å²) >= 11 is 0. The molecule has 0 fully saturated rings. The molecule has 36 heavy (non-hydrogen) atoms. The first-order chi connectivity index (χ1) is 16.9. The van der Waals surface area contributed by atoms with Crippen molar-refractivity contribution in [2.24, 2.45) is 5.92 Å². The predicted molar refractivity (Wildman–Crippen MR) is 139 cm³/mol. The van der Waals surface area contributed by atoms with E-state index in [4.69, 9.17) is 4.74 Å². The number of amides is 2. The molecule has 2 rings (SSSR count). The van der Waals surface area contributed by atoms with Crippen LogP contribution in [0.2, 0.25) is 0 Å². The lowest BCUT2D eigenvalue weighted by Crippen LogP contribution is -2.48. The summed E-state index contributed by atoms with van der Waals surface area (Å²) in [6.07, 6.45) is 1.30. The number of nitrogens with one attached hydrogen (secondary N) is 1. The van der Waals surface area contributed by atoms with Crippen molar-refractivity contribution in [1.82, 2.24) is 10.2 Å². The van der Waals surface area contributed by atoms with Crippen molar-refractivity contribution in [3.63, 3.8) is 0 Å². The van der Waals surface area contributed by atoms with Gasteiger partial charge < -0.3 is 15.0 Å². The Hall–Kier alpha value is -3.14. The van der Waals surface area contributed by atoms with E-state index in [1.54, 1.807) is 49.4 Å². The third-order valence-corrected chi connectivity index (χ3v) is 6.86. The first kappa shape index (κ1) is 29.1. The molecule has 198 valence electrons. The Balaban J connectivity index is 2.16. The highest BCUT2D eigenvalue weighted by atomic mass is 32.2. The molecule has 0 radical (unpaired) electrons. The molecule has 1 N–H and O–H groups in total. The van der Waals surface area contributed by atoms with E-state index in [0.717, 1.165) is 6.26 Å². The van der Waals surface area contributed by atoms with Crippen LogP contribution in [0.1, 0.15) is 39.2 Å². The van der Waals surface area contributed by atoms with Crippen molar-refractivity contribution in [1.29, 1.82) is 0 Å². The average Bonchev–Trinajstić information content (AvgIpc) is 2.83. The lowest BCUT2D eigenvalue weighted by molar-refractivity contribution is -0.140. The number of carbonyl (C=O) groups excluding carboxylic acids is 2. The Labute approximate surface area is 213 Å². The van der Waals surface area contributed by atoms with Gasteiger partial charge in [0.15, 0.2) is 0 Å². The van der Waals surface area contributed by atoms with Crippen molar-refractivity contribution < 1.29 is 27.1 Å². The number of carbonyl (C=O) groups is 2. The number of halogens is 1. The first-order valence-corrected chi connectivity index (χ1v) is 13.7. The lowest BCUT2D eigenvalue weighted by Gasteiger charge is -2.29. The van der Waals surface area contributed by atoms with E-state index in [1.165, 1.54) is 22.4 Å². The summed E-state index contributed by atoms with van der Waals surface area (Å²) in [7, 11) is -2.08. The second-order valence-electron chi connectivity index (χ2n) is 9.06. The van der Waals surface area contributed by atoms with Crippen LogP contribution in [-0.2, 0) is 26.2 Å². The van der Waals surface area contributed by atoms with E-state index in [0.29, 0.717) is 23.5 Å². The van der Waals surface area contributed by atoms with Crippen LogP contribution in [0.5, 0.6) is 5.75 Å². The number of methoxy groups -OCH3 is 1. The number of ether oxygens (including phenoxy) is 1. The van der Waals surface area contributed by atoms with Gasteiger partial charge in [0.25, 0.3) is 0 Å². The number of nitrogens with zero attached hydrogens (tertiary/aromatic N) is 2. The molecule has 10 heteroatoms. The van der Waals surface area contributed by atoms with Gasteiger partial charge in [0.1, 0.15) is 17.6 Å². The van der Waals surface area contributed by atoms with Crippen molar-refractivity contribution in [3.8, 4) is 5.75 Å². The van der Waals surface area contributed by atoms with Gasteiger partial charge in [-0.2, -0.15) is 0 Å². The van der Waals surface area contributed by atoms with E-state index in [2.05, 4.69) is 5.32 Å². The Kier molecular flexibility index (Phi) is 10.7. The Morgan fingerprint density at radius 3 is 2.25 bits per heavy atom. The molecule has 0 aliphatic rings. The van der Waals surface area contributed by atoms with E-state index < -0.39 is 21.9 Å². The third kappa shape index (κ3) is 8.51. The van der Waals surface area contributed by atoms with Crippen LogP contribution in [0.15, 0.2) is 48.5 Å². The molecule has 0 bridgehead atoms. The zero-order chi connectivity index (χ0) is 26.9. The fourth-order valence-electron chi connectivity index (χ4n) is 3.60. The third-order valence-electron chi connectivity index (χ3n) is 5.66. The van der Waals surface area contributed by atoms with Crippen molar-refractivity contribution in [2.75, 3.05) is 30.8 Å². The quantitative estimate of drug-likeness (QED) is 0.435. The number of rotatable bonds is 13.